The van der Waals surface area contributed by atoms with Gasteiger partial charge in [-0.15, -0.1) is 0 Å². The van der Waals surface area contributed by atoms with E-state index in [0.717, 1.165) is 18.7 Å². The Morgan fingerprint density at radius 1 is 1.18 bits per heavy atom. The summed E-state index contributed by atoms with van der Waals surface area (Å²) in [4.78, 5) is 0. The number of aromatic nitrogens is 2. The summed E-state index contributed by atoms with van der Waals surface area (Å²) in [5.41, 5.74) is 2.46. The lowest BCUT2D eigenvalue weighted by molar-refractivity contribution is 0.0441. The molecule has 1 unspecified atom stereocenters. The normalized spacial score (nSPS) is 22.0. The van der Waals surface area contributed by atoms with Gasteiger partial charge in [-0.05, 0) is 36.8 Å². The predicted octanol–water partition coefficient (Wildman–Crippen LogP) is 3.66. The molecule has 2 aliphatic rings. The van der Waals surface area contributed by atoms with Gasteiger partial charge in [0.25, 0.3) is 0 Å². The van der Waals surface area contributed by atoms with Crippen LogP contribution >= 0.6 is 11.9 Å². The zero-order chi connectivity index (χ0) is 14.8. The number of benzene rings is 1. The predicted molar refractivity (Wildman–Crippen MR) is 89.9 cm³/mol. The Labute approximate surface area is 135 Å². The molecular formula is C17H21N3OS. The third-order valence-corrected chi connectivity index (χ3v) is 5.27. The largest absolute Gasteiger partial charge is 0.372 e. The molecule has 2 aromatic rings. The highest BCUT2D eigenvalue weighted by atomic mass is 32.2. The molecule has 2 heterocycles. The maximum Gasteiger partial charge on any atom is 0.0852 e. The van der Waals surface area contributed by atoms with Crippen molar-refractivity contribution in [2.24, 2.45) is 0 Å². The molecule has 0 spiro atoms. The number of hydrogen-bond donors (Lipinski definition) is 0. The fraction of sp³-hybridized carbons (Fsp3) is 0.471. The van der Waals surface area contributed by atoms with Crippen LogP contribution in [0, 0.1) is 0 Å². The first-order chi connectivity index (χ1) is 10.9. The number of rotatable bonds is 5. The second-order valence-electron chi connectivity index (χ2n) is 6.01. The quantitative estimate of drug-likeness (QED) is 0.788. The molecule has 0 radical (unpaired) electrons. The van der Waals surface area contributed by atoms with Crippen LogP contribution in [0.4, 0.5) is 5.69 Å². The van der Waals surface area contributed by atoms with Crippen molar-refractivity contribution in [2.75, 3.05) is 16.6 Å². The summed E-state index contributed by atoms with van der Waals surface area (Å²) in [6.07, 6.45) is 8.14. The molecule has 22 heavy (non-hydrogen) atoms. The summed E-state index contributed by atoms with van der Waals surface area (Å²) in [6.45, 7) is 1.64. The Morgan fingerprint density at radius 2 is 2.05 bits per heavy atom. The highest BCUT2D eigenvalue weighted by Gasteiger charge is 2.27. The molecule has 4 nitrogen and oxygen atoms in total. The summed E-state index contributed by atoms with van der Waals surface area (Å²) in [5.74, 6) is 1.11. The van der Waals surface area contributed by atoms with Gasteiger partial charge in [0.1, 0.15) is 0 Å². The van der Waals surface area contributed by atoms with Crippen molar-refractivity contribution in [3.63, 3.8) is 0 Å². The summed E-state index contributed by atoms with van der Waals surface area (Å²) in [5, 5.41) is 4.49. The Balaban J connectivity index is 1.34. The van der Waals surface area contributed by atoms with Crippen LogP contribution in [0.1, 0.15) is 30.9 Å². The van der Waals surface area contributed by atoms with Crippen LogP contribution < -0.4 is 4.31 Å². The lowest BCUT2D eigenvalue weighted by Gasteiger charge is -2.32. The Morgan fingerprint density at radius 3 is 2.86 bits per heavy atom. The first-order valence-corrected chi connectivity index (χ1v) is 8.93. The highest BCUT2D eigenvalue weighted by Crippen LogP contribution is 2.36. The van der Waals surface area contributed by atoms with Crippen LogP contribution in [0.5, 0.6) is 0 Å². The van der Waals surface area contributed by atoms with Crippen molar-refractivity contribution in [2.45, 2.75) is 38.0 Å². The van der Waals surface area contributed by atoms with Gasteiger partial charge in [-0.25, -0.2) is 0 Å². The lowest BCUT2D eigenvalue weighted by atomic mass is 10.2. The summed E-state index contributed by atoms with van der Waals surface area (Å²) < 4.78 is 10.6. The smallest absolute Gasteiger partial charge is 0.0852 e. The minimum Gasteiger partial charge on any atom is -0.372 e. The van der Waals surface area contributed by atoms with E-state index < -0.39 is 0 Å². The maximum atomic E-state index is 6.11. The average molecular weight is 315 g/mol. The summed E-state index contributed by atoms with van der Waals surface area (Å²) in [6, 6.07) is 11.1. The second kappa shape index (κ2) is 6.34. The van der Waals surface area contributed by atoms with Crippen LogP contribution in [0.3, 0.4) is 0 Å². The fourth-order valence-corrected chi connectivity index (χ4v) is 3.83. The minimum absolute atomic E-state index is 0.297. The van der Waals surface area contributed by atoms with Gasteiger partial charge >= 0.3 is 0 Å². The topological polar surface area (TPSA) is 30.3 Å². The average Bonchev–Trinajstić information content (AvgIpc) is 3.31. The number of anilines is 1. The monoisotopic (exact) mass is 315 g/mol. The zero-order valence-electron chi connectivity index (χ0n) is 12.6. The van der Waals surface area contributed by atoms with Crippen LogP contribution in [0.2, 0.25) is 0 Å². The summed E-state index contributed by atoms with van der Waals surface area (Å²) in [7, 11) is 0. The Hall–Kier alpha value is -1.46. The molecule has 1 aliphatic carbocycles. The SMILES string of the molecule is c1ccc(COC2CCSN(c3cnn(C4CC4)c3)C2)cc1. The third kappa shape index (κ3) is 3.31. The molecule has 1 saturated heterocycles. The van der Waals surface area contributed by atoms with E-state index >= 15 is 0 Å². The van der Waals surface area contributed by atoms with Crippen molar-refractivity contribution in [3.05, 3.63) is 48.3 Å². The molecule has 0 N–H and O–H groups in total. The van der Waals surface area contributed by atoms with E-state index in [1.54, 1.807) is 0 Å². The van der Waals surface area contributed by atoms with E-state index in [9.17, 15) is 0 Å². The van der Waals surface area contributed by atoms with Crippen molar-refractivity contribution >= 4 is 17.6 Å². The molecule has 0 amide bonds. The lowest BCUT2D eigenvalue weighted by Crippen LogP contribution is -2.34. The van der Waals surface area contributed by atoms with Crippen LogP contribution in [-0.4, -0.2) is 28.2 Å². The second-order valence-corrected chi connectivity index (χ2v) is 7.12. The van der Waals surface area contributed by atoms with Gasteiger partial charge in [0.15, 0.2) is 0 Å². The number of nitrogens with zero attached hydrogens (tertiary/aromatic N) is 3. The Kier molecular flexibility index (Phi) is 4.08. The zero-order valence-corrected chi connectivity index (χ0v) is 13.4. The molecule has 1 aliphatic heterocycles. The van der Waals surface area contributed by atoms with Gasteiger partial charge in [0.05, 0.1) is 37.2 Å². The van der Waals surface area contributed by atoms with Crippen LogP contribution in [0.25, 0.3) is 0 Å². The van der Waals surface area contributed by atoms with Crippen LogP contribution in [0.15, 0.2) is 42.7 Å². The van der Waals surface area contributed by atoms with Crippen molar-refractivity contribution in [1.29, 1.82) is 0 Å². The minimum atomic E-state index is 0.297. The van der Waals surface area contributed by atoms with Gasteiger partial charge in [-0.1, -0.05) is 30.3 Å². The summed E-state index contributed by atoms with van der Waals surface area (Å²) >= 11 is 1.89. The van der Waals surface area contributed by atoms with Crippen molar-refractivity contribution in [3.8, 4) is 0 Å². The number of ether oxygens (including phenoxy) is 1. The molecule has 5 heteroatoms. The standard InChI is InChI=1S/C17H21N3OS/c1-2-4-14(5-3-1)13-21-17-8-9-22-20(12-17)16-10-18-19(11-16)15-6-7-15/h1-5,10-11,15,17H,6-9,12-13H2. The van der Waals surface area contributed by atoms with Gasteiger partial charge in [-0.3, -0.25) is 4.68 Å². The van der Waals surface area contributed by atoms with E-state index in [1.165, 1.54) is 24.1 Å². The molecule has 1 aromatic carbocycles. The highest BCUT2D eigenvalue weighted by molar-refractivity contribution is 8.00. The van der Waals surface area contributed by atoms with Gasteiger partial charge < -0.3 is 9.04 Å². The molecule has 0 bridgehead atoms. The van der Waals surface area contributed by atoms with E-state index in [2.05, 4.69) is 44.5 Å². The van der Waals surface area contributed by atoms with Gasteiger partial charge in [-0.2, -0.15) is 5.10 Å². The van der Waals surface area contributed by atoms with E-state index in [1.807, 2.05) is 24.2 Å². The Bertz CT molecular complexity index is 611. The van der Waals surface area contributed by atoms with Gasteiger partial charge in [0, 0.05) is 11.9 Å². The molecule has 2 fully saturated rings. The molecule has 116 valence electrons. The van der Waals surface area contributed by atoms with E-state index in [-0.39, 0.29) is 0 Å². The molecular weight excluding hydrogens is 294 g/mol. The van der Waals surface area contributed by atoms with Crippen LogP contribution in [-0.2, 0) is 11.3 Å². The molecule has 1 saturated carbocycles. The van der Waals surface area contributed by atoms with Gasteiger partial charge in [0.2, 0.25) is 0 Å². The number of hydrogen-bond acceptors (Lipinski definition) is 4. The maximum absolute atomic E-state index is 6.11. The van der Waals surface area contributed by atoms with E-state index in [0.29, 0.717) is 18.8 Å². The molecule has 4 rings (SSSR count). The molecule has 1 atom stereocenters. The first-order valence-electron chi connectivity index (χ1n) is 7.98. The fourth-order valence-electron chi connectivity index (χ4n) is 2.72. The molecule has 1 aromatic heterocycles. The van der Waals surface area contributed by atoms with Crippen molar-refractivity contribution in [1.82, 2.24) is 9.78 Å². The third-order valence-electron chi connectivity index (χ3n) is 4.18. The van der Waals surface area contributed by atoms with Crippen molar-refractivity contribution < 1.29 is 4.74 Å². The first kappa shape index (κ1) is 14.2. The van der Waals surface area contributed by atoms with E-state index in [4.69, 9.17) is 4.74 Å².